The van der Waals surface area contributed by atoms with Gasteiger partial charge < -0.3 is 25.4 Å². The molecule has 0 radical (unpaired) electrons. The Balaban J connectivity index is 0.000000478. The first-order chi connectivity index (χ1) is 33.3. The van der Waals surface area contributed by atoms with Crippen LogP contribution in [0.5, 0.6) is 0 Å². The number of nitrogens with one attached hydrogen (secondary N) is 4. The number of carbonyl (C=O) groups is 6. The maximum atomic E-state index is 11.6. The minimum absolute atomic E-state index is 0.0254. The third-order valence-corrected chi connectivity index (χ3v) is 14.6. The van der Waals surface area contributed by atoms with Crippen molar-refractivity contribution >= 4 is 81.3 Å². The smallest absolute Gasteiger partial charge is 0.234 e. The molecule has 1 aliphatic heterocycles. The van der Waals surface area contributed by atoms with Gasteiger partial charge >= 0.3 is 0 Å². The third-order valence-electron chi connectivity index (χ3n) is 10.1. The normalized spacial score (nSPS) is 12.7. The zero-order valence-electron chi connectivity index (χ0n) is 41.8. The fourth-order valence-electron chi connectivity index (χ4n) is 6.34. The van der Waals surface area contributed by atoms with Gasteiger partial charge in [0, 0.05) is 56.8 Å². The topological polar surface area (TPSA) is 206 Å². The summed E-state index contributed by atoms with van der Waals surface area (Å²) in [6.07, 6.45) is 13.5. The molecule has 1 unspecified atom stereocenters. The van der Waals surface area contributed by atoms with Gasteiger partial charge in [0.25, 0.3) is 0 Å². The lowest BCUT2D eigenvalue weighted by Crippen LogP contribution is -2.45. The number of aryl methyl sites for hydroxylation is 3. The number of rotatable bonds is 26. The van der Waals surface area contributed by atoms with E-state index >= 15 is 0 Å². The number of hydrazine groups is 2. The van der Waals surface area contributed by atoms with Gasteiger partial charge in [-0.05, 0) is 99.9 Å². The molecule has 5 rings (SSSR count). The standard InChI is InChI=1S/C21H31N3OS.C12H14N2S.C11H20N2O2.C6H10O2S2.CH3NO/c1-16(2)8-13-20(25)24-23-14-6-4-5-7-18-9-11-19(12-10-18)21-17(3)22-15-26-21;1-9-12(15-8-14-9)11-5-3-10(4-6-11)7-13-2;1-9(2)5-6-11(15)12-13-7-3-4-10(13)8-14;7-3-1-5-9-10-6-2-4-8;2-1-3/h9-12,15-16,23H,4-8,13-14H2,1-3H3,(H,24,25);3-6,8,13H,7H2,1-2H3;8-10H,3-7H2,1-2H3,(H,12,15);3-4H,1-2,5-6H2;1H,(H2,2,3). The Morgan fingerprint density at radius 2 is 1.28 bits per heavy atom. The summed E-state index contributed by atoms with van der Waals surface area (Å²) in [5.74, 6) is 2.93. The van der Waals surface area contributed by atoms with Crippen molar-refractivity contribution in [3.8, 4) is 20.9 Å². The zero-order chi connectivity index (χ0) is 51.1. The highest BCUT2D eigenvalue weighted by Crippen LogP contribution is 2.28. The third kappa shape index (κ3) is 30.1. The van der Waals surface area contributed by atoms with Crippen molar-refractivity contribution in [2.75, 3.05) is 31.6 Å². The van der Waals surface area contributed by atoms with E-state index in [0.717, 1.165) is 106 Å². The molecule has 18 heteroatoms. The second-order valence-electron chi connectivity index (χ2n) is 16.9. The number of nitrogens with zero attached hydrogens (tertiary/aromatic N) is 3. The van der Waals surface area contributed by atoms with Crippen LogP contribution in [0.15, 0.2) is 59.6 Å². The second kappa shape index (κ2) is 40.4. The van der Waals surface area contributed by atoms with E-state index < -0.39 is 0 Å². The molecule has 1 fully saturated rings. The van der Waals surface area contributed by atoms with Crippen molar-refractivity contribution in [1.29, 1.82) is 0 Å². The van der Waals surface area contributed by atoms with Crippen molar-refractivity contribution in [1.82, 2.24) is 36.6 Å². The molecule has 382 valence electrons. The first kappa shape index (κ1) is 62.7. The van der Waals surface area contributed by atoms with E-state index in [9.17, 15) is 24.0 Å². The van der Waals surface area contributed by atoms with Crippen molar-refractivity contribution in [2.24, 2.45) is 17.6 Å². The first-order valence-electron chi connectivity index (χ1n) is 23.8. The van der Waals surface area contributed by atoms with E-state index in [-0.39, 0.29) is 24.3 Å². The van der Waals surface area contributed by atoms with Crippen LogP contribution in [0.4, 0.5) is 0 Å². The van der Waals surface area contributed by atoms with Crippen LogP contribution in [0.3, 0.4) is 0 Å². The number of thiazole rings is 2. The number of carbonyl (C=O) groups excluding carboxylic acids is 6. The van der Waals surface area contributed by atoms with E-state index in [1.807, 2.05) is 25.0 Å². The highest BCUT2D eigenvalue weighted by molar-refractivity contribution is 8.76. The highest BCUT2D eigenvalue weighted by Gasteiger charge is 2.25. The fraction of sp³-hybridized carbons (Fsp3) is 0.529. The van der Waals surface area contributed by atoms with E-state index in [0.29, 0.717) is 37.5 Å². The summed E-state index contributed by atoms with van der Waals surface area (Å²) in [5, 5.41) is 4.90. The van der Waals surface area contributed by atoms with Crippen molar-refractivity contribution in [2.45, 2.75) is 131 Å². The summed E-state index contributed by atoms with van der Waals surface area (Å²) in [6, 6.07) is 17.4. The lowest BCUT2D eigenvalue weighted by atomic mass is 10.0. The molecule has 1 aliphatic rings. The number of benzene rings is 2. The fourth-order valence-corrected chi connectivity index (χ4v) is 9.87. The van der Waals surface area contributed by atoms with Crippen LogP contribution < -0.4 is 27.3 Å². The van der Waals surface area contributed by atoms with Crippen molar-refractivity contribution < 1.29 is 28.8 Å². The van der Waals surface area contributed by atoms with E-state index in [1.54, 1.807) is 49.3 Å². The average molecular weight is 1030 g/mol. The minimum Gasteiger partial charge on any atom is -0.372 e. The number of hydrogen-bond donors (Lipinski definition) is 5. The predicted molar refractivity (Wildman–Crippen MR) is 290 cm³/mol. The summed E-state index contributed by atoms with van der Waals surface area (Å²) in [5.41, 5.74) is 24.0. The molecule has 6 N–H and O–H groups in total. The quantitative estimate of drug-likeness (QED) is 0.0172. The second-order valence-corrected chi connectivity index (χ2v) is 21.3. The number of aromatic nitrogens is 2. The molecule has 0 spiro atoms. The Labute approximate surface area is 427 Å². The maximum absolute atomic E-state index is 11.6. The van der Waals surface area contributed by atoms with Gasteiger partial charge in [-0.1, -0.05) is 104 Å². The van der Waals surface area contributed by atoms with Crippen molar-refractivity contribution in [3.63, 3.8) is 0 Å². The molecule has 2 aromatic carbocycles. The largest absolute Gasteiger partial charge is 0.372 e. The van der Waals surface area contributed by atoms with Gasteiger partial charge in [0.1, 0.15) is 18.9 Å². The summed E-state index contributed by atoms with van der Waals surface area (Å²) < 4.78 is 0. The van der Waals surface area contributed by atoms with Gasteiger partial charge in [-0.15, -0.1) is 22.7 Å². The number of nitrogens with two attached hydrogens (primary N) is 1. The Morgan fingerprint density at radius 3 is 1.72 bits per heavy atom. The zero-order valence-corrected chi connectivity index (χ0v) is 45.1. The minimum atomic E-state index is -0.118. The van der Waals surface area contributed by atoms with Crippen LogP contribution in [0.25, 0.3) is 20.9 Å². The van der Waals surface area contributed by atoms with Gasteiger partial charge in [-0.3, -0.25) is 25.2 Å². The summed E-state index contributed by atoms with van der Waals surface area (Å²) in [4.78, 5) is 73.1. The Bertz CT molecular complexity index is 1970. The molecule has 14 nitrogen and oxygen atoms in total. The molecular weight excluding hydrogens is 949 g/mol. The number of unbranched alkanes of at least 4 members (excludes halogenated alkanes) is 2. The maximum Gasteiger partial charge on any atom is 0.234 e. The molecule has 3 amide bonds. The lowest BCUT2D eigenvalue weighted by Gasteiger charge is -2.21. The van der Waals surface area contributed by atoms with Crippen LogP contribution in [-0.4, -0.2) is 89.7 Å². The van der Waals surface area contributed by atoms with Crippen LogP contribution in [0.2, 0.25) is 0 Å². The van der Waals surface area contributed by atoms with E-state index in [1.165, 1.54) is 38.4 Å². The van der Waals surface area contributed by atoms with Gasteiger partial charge in [-0.25, -0.2) is 20.4 Å². The monoisotopic (exact) mass is 1030 g/mol. The average Bonchev–Trinajstić information content (AvgIpc) is 4.11. The summed E-state index contributed by atoms with van der Waals surface area (Å²) >= 11 is 3.39. The predicted octanol–water partition coefficient (Wildman–Crippen LogP) is 9.49. The SMILES string of the molecule is CC(C)CCC(=O)NN1CCCC1C=O.CNCc1ccc(-c2scnc2C)cc1.Cc1ncsc1-c1ccc(CCCCCNNC(=O)CCC(C)C)cc1.NC=O.O=CCCSSCCC=O. The molecule has 0 bridgehead atoms. The molecule has 0 aliphatic carbocycles. The molecular formula is C51H78N8O6S4. The molecule has 0 saturated carbocycles. The van der Waals surface area contributed by atoms with Gasteiger partial charge in [0.15, 0.2) is 0 Å². The van der Waals surface area contributed by atoms with Gasteiger partial charge in [0.05, 0.1) is 38.2 Å². The number of aldehydes is 3. The summed E-state index contributed by atoms with van der Waals surface area (Å²) in [6.45, 7) is 15.1. The Morgan fingerprint density at radius 1 is 0.768 bits per heavy atom. The number of amides is 3. The highest BCUT2D eigenvalue weighted by atomic mass is 33.1. The van der Waals surface area contributed by atoms with Crippen LogP contribution in [-0.2, 0) is 41.7 Å². The molecule has 69 heavy (non-hydrogen) atoms. The first-order valence-corrected chi connectivity index (χ1v) is 28.0. The van der Waals surface area contributed by atoms with E-state index in [2.05, 4.69) is 120 Å². The number of hydrogen-bond acceptors (Lipinski definition) is 15. The molecule has 3 heterocycles. The molecule has 4 aromatic rings. The van der Waals surface area contributed by atoms with E-state index in [4.69, 9.17) is 4.79 Å². The Hall–Kier alpha value is -4.30. The van der Waals surface area contributed by atoms with Gasteiger partial charge in [-0.2, -0.15) is 0 Å². The molecule has 2 aromatic heterocycles. The van der Waals surface area contributed by atoms with Crippen molar-refractivity contribution in [3.05, 3.63) is 82.1 Å². The molecule has 1 atom stereocenters. The Kier molecular flexibility index (Phi) is 36.7. The number of primary amides is 1. The summed E-state index contributed by atoms with van der Waals surface area (Å²) in [7, 11) is 5.25. The molecule has 1 saturated heterocycles. The van der Waals surface area contributed by atoms with Crippen LogP contribution in [0, 0.1) is 25.7 Å². The van der Waals surface area contributed by atoms with Crippen LogP contribution in [0.1, 0.15) is 121 Å². The lowest BCUT2D eigenvalue weighted by molar-refractivity contribution is -0.127. The van der Waals surface area contributed by atoms with Gasteiger partial charge in [0.2, 0.25) is 18.2 Å². The van der Waals surface area contributed by atoms with Crippen LogP contribution >= 0.6 is 44.3 Å².